The van der Waals surface area contributed by atoms with E-state index in [0.717, 1.165) is 22.5 Å². The number of H-pyrrole nitrogens is 1. The summed E-state index contributed by atoms with van der Waals surface area (Å²) in [6.45, 7) is 6.78. The molecule has 140 valence electrons. The summed E-state index contributed by atoms with van der Waals surface area (Å²) in [6, 6.07) is 5.59. The first-order chi connectivity index (χ1) is 12.8. The molecule has 2 heterocycles. The smallest absolute Gasteiger partial charge is 0.349 e. The number of anilines is 1. The molecule has 0 aliphatic rings. The van der Waals surface area contributed by atoms with E-state index in [1.165, 1.54) is 0 Å². The molecule has 2 aromatic heterocycles. The minimum Gasteiger partial charge on any atom is -0.451 e. The minimum absolute atomic E-state index is 0.271. The van der Waals surface area contributed by atoms with Gasteiger partial charge >= 0.3 is 5.97 Å². The average Bonchev–Trinajstić information content (AvgIpc) is 2.93. The first kappa shape index (κ1) is 18.8. The number of aryl methyl sites for hydroxylation is 3. The molecule has 0 unspecified atom stereocenters. The molecule has 0 saturated carbocycles. The normalized spacial score (nSPS) is 10.8. The number of carbonyl (C=O) groups excluding carboxylic acids is 2. The van der Waals surface area contributed by atoms with E-state index >= 15 is 0 Å². The van der Waals surface area contributed by atoms with Gasteiger partial charge in [-0.05, 0) is 50.5 Å². The largest absolute Gasteiger partial charge is 0.451 e. The first-order valence-electron chi connectivity index (χ1n) is 8.31. The number of carbonyl (C=O) groups is 2. The van der Waals surface area contributed by atoms with Crippen molar-refractivity contribution in [3.05, 3.63) is 55.9 Å². The van der Waals surface area contributed by atoms with Gasteiger partial charge in [0, 0.05) is 5.69 Å². The molecule has 0 fully saturated rings. The maximum atomic E-state index is 12.4. The minimum atomic E-state index is -0.649. The molecule has 0 radical (unpaired) electrons. The molecule has 0 atom stereocenters. The van der Waals surface area contributed by atoms with Crippen molar-refractivity contribution in [3.8, 4) is 0 Å². The van der Waals surface area contributed by atoms with Gasteiger partial charge in [-0.25, -0.2) is 9.78 Å². The van der Waals surface area contributed by atoms with E-state index in [-0.39, 0.29) is 10.4 Å². The fraction of sp³-hybridized carbons (Fsp3) is 0.263. The Bertz CT molecular complexity index is 1110. The van der Waals surface area contributed by atoms with E-state index in [4.69, 9.17) is 4.74 Å². The summed E-state index contributed by atoms with van der Waals surface area (Å²) in [5.74, 6) is -0.604. The van der Waals surface area contributed by atoms with Crippen LogP contribution in [-0.2, 0) is 9.53 Å². The standard InChI is InChI=1S/C19H19N3O4S/c1-9-6-5-7-13(10(9)2)22-14(23)8-26-19(25)16-11(3)15-17(24)20-12(4)21-18(15)27-16/h5-7H,8H2,1-4H3,(H,22,23)(H,20,21,24). The molecule has 0 bridgehead atoms. The van der Waals surface area contributed by atoms with Crippen molar-refractivity contribution in [3.63, 3.8) is 0 Å². The van der Waals surface area contributed by atoms with Crippen LogP contribution in [0.4, 0.5) is 5.69 Å². The number of nitrogens with zero attached hydrogens (tertiary/aromatic N) is 1. The average molecular weight is 385 g/mol. The second-order valence-corrected chi connectivity index (χ2v) is 7.26. The van der Waals surface area contributed by atoms with Gasteiger partial charge in [-0.15, -0.1) is 11.3 Å². The van der Waals surface area contributed by atoms with Gasteiger partial charge in [0.05, 0.1) is 5.39 Å². The lowest BCUT2D eigenvalue weighted by molar-refractivity contribution is -0.119. The van der Waals surface area contributed by atoms with Crippen LogP contribution >= 0.6 is 11.3 Å². The molecule has 1 amide bonds. The number of aromatic nitrogens is 2. The van der Waals surface area contributed by atoms with Crippen LogP contribution < -0.4 is 10.9 Å². The van der Waals surface area contributed by atoms with E-state index in [1.54, 1.807) is 19.9 Å². The Morgan fingerprint density at radius 2 is 1.93 bits per heavy atom. The summed E-state index contributed by atoms with van der Waals surface area (Å²) in [5, 5.41) is 3.11. The van der Waals surface area contributed by atoms with E-state index in [1.807, 2.05) is 26.0 Å². The number of hydrogen-bond acceptors (Lipinski definition) is 6. The van der Waals surface area contributed by atoms with Crippen molar-refractivity contribution in [2.24, 2.45) is 0 Å². The zero-order valence-corrected chi connectivity index (χ0v) is 16.2. The predicted octanol–water partition coefficient (Wildman–Crippen LogP) is 3.01. The number of ether oxygens (including phenoxy) is 1. The van der Waals surface area contributed by atoms with Gasteiger partial charge in [-0.2, -0.15) is 0 Å². The van der Waals surface area contributed by atoms with E-state index in [0.29, 0.717) is 27.3 Å². The third-order valence-corrected chi connectivity index (χ3v) is 5.48. The highest BCUT2D eigenvalue weighted by atomic mass is 32.1. The predicted molar refractivity (Wildman–Crippen MR) is 105 cm³/mol. The van der Waals surface area contributed by atoms with Crippen molar-refractivity contribution in [1.82, 2.24) is 9.97 Å². The highest BCUT2D eigenvalue weighted by Gasteiger charge is 2.21. The maximum absolute atomic E-state index is 12.4. The van der Waals surface area contributed by atoms with Gasteiger partial charge < -0.3 is 15.0 Å². The van der Waals surface area contributed by atoms with Gasteiger partial charge in [0.1, 0.15) is 15.5 Å². The molecule has 27 heavy (non-hydrogen) atoms. The van der Waals surface area contributed by atoms with Crippen LogP contribution in [0.25, 0.3) is 10.2 Å². The molecule has 0 aliphatic carbocycles. The number of rotatable bonds is 4. The quantitative estimate of drug-likeness (QED) is 0.672. The maximum Gasteiger partial charge on any atom is 0.349 e. The van der Waals surface area contributed by atoms with Crippen molar-refractivity contribution in [2.75, 3.05) is 11.9 Å². The Morgan fingerprint density at radius 1 is 1.19 bits per heavy atom. The highest BCUT2D eigenvalue weighted by molar-refractivity contribution is 7.20. The zero-order valence-electron chi connectivity index (χ0n) is 15.4. The van der Waals surface area contributed by atoms with Crippen LogP contribution in [0.3, 0.4) is 0 Å². The molecule has 0 spiro atoms. The summed E-state index contributed by atoms with van der Waals surface area (Å²) in [6.07, 6.45) is 0. The van der Waals surface area contributed by atoms with Crippen molar-refractivity contribution < 1.29 is 14.3 Å². The third kappa shape index (κ3) is 3.75. The number of thiophene rings is 1. The second-order valence-electron chi connectivity index (χ2n) is 6.26. The van der Waals surface area contributed by atoms with Crippen LogP contribution in [-0.4, -0.2) is 28.5 Å². The van der Waals surface area contributed by atoms with Crippen molar-refractivity contribution >= 4 is 39.1 Å². The molecular weight excluding hydrogens is 366 g/mol. The molecule has 0 saturated heterocycles. The first-order valence-corrected chi connectivity index (χ1v) is 9.12. The number of nitrogens with one attached hydrogen (secondary N) is 2. The van der Waals surface area contributed by atoms with Gasteiger partial charge in [0.2, 0.25) is 0 Å². The lowest BCUT2D eigenvalue weighted by Gasteiger charge is -2.10. The molecule has 3 aromatic rings. The number of aromatic amines is 1. The van der Waals surface area contributed by atoms with Gasteiger partial charge in [-0.1, -0.05) is 12.1 Å². The monoisotopic (exact) mass is 385 g/mol. The SMILES string of the molecule is Cc1nc2sc(C(=O)OCC(=O)Nc3cccc(C)c3C)c(C)c2c(=O)[nH]1. The van der Waals surface area contributed by atoms with Crippen LogP contribution in [0.5, 0.6) is 0 Å². The van der Waals surface area contributed by atoms with Crippen LogP contribution in [0.15, 0.2) is 23.0 Å². The van der Waals surface area contributed by atoms with Crippen LogP contribution in [0, 0.1) is 27.7 Å². The lowest BCUT2D eigenvalue weighted by Crippen LogP contribution is -2.21. The zero-order chi connectivity index (χ0) is 19.7. The number of benzene rings is 1. The molecule has 2 N–H and O–H groups in total. The number of fused-ring (bicyclic) bond motifs is 1. The third-order valence-electron chi connectivity index (χ3n) is 4.32. The highest BCUT2D eigenvalue weighted by Crippen LogP contribution is 2.27. The number of hydrogen-bond donors (Lipinski definition) is 2. The topological polar surface area (TPSA) is 101 Å². The molecular formula is C19H19N3O4S. The van der Waals surface area contributed by atoms with Crippen molar-refractivity contribution in [1.29, 1.82) is 0 Å². The van der Waals surface area contributed by atoms with Crippen LogP contribution in [0.1, 0.15) is 32.2 Å². The van der Waals surface area contributed by atoms with E-state index < -0.39 is 18.5 Å². The van der Waals surface area contributed by atoms with Gasteiger partial charge in [-0.3, -0.25) is 9.59 Å². The van der Waals surface area contributed by atoms with E-state index in [2.05, 4.69) is 15.3 Å². The van der Waals surface area contributed by atoms with E-state index in [9.17, 15) is 14.4 Å². The summed E-state index contributed by atoms with van der Waals surface area (Å²) in [4.78, 5) is 44.2. The second kappa shape index (κ2) is 7.32. The van der Waals surface area contributed by atoms with Crippen molar-refractivity contribution in [2.45, 2.75) is 27.7 Å². The van der Waals surface area contributed by atoms with Crippen LogP contribution in [0.2, 0.25) is 0 Å². The Balaban J connectivity index is 1.72. The Morgan fingerprint density at radius 3 is 2.67 bits per heavy atom. The molecule has 3 rings (SSSR count). The fourth-order valence-corrected chi connectivity index (χ4v) is 3.84. The summed E-state index contributed by atoms with van der Waals surface area (Å²) in [5.41, 5.74) is 2.90. The summed E-state index contributed by atoms with van der Waals surface area (Å²) >= 11 is 1.08. The molecule has 7 nitrogen and oxygen atoms in total. The lowest BCUT2D eigenvalue weighted by atomic mass is 10.1. The van der Waals surface area contributed by atoms with Gasteiger partial charge in [0.25, 0.3) is 11.5 Å². The Hall–Kier alpha value is -3.00. The summed E-state index contributed by atoms with van der Waals surface area (Å²) in [7, 11) is 0. The van der Waals surface area contributed by atoms with Gasteiger partial charge in [0.15, 0.2) is 6.61 Å². The number of amides is 1. The summed E-state index contributed by atoms with van der Waals surface area (Å²) < 4.78 is 5.13. The fourth-order valence-electron chi connectivity index (χ4n) is 2.72. The number of esters is 1. The molecule has 0 aliphatic heterocycles. The molecule has 8 heteroatoms. The Labute approximate surface area is 159 Å². The molecule has 1 aromatic carbocycles. The Kier molecular flexibility index (Phi) is 5.09.